The highest BCUT2D eigenvalue weighted by Crippen LogP contribution is 2.29. The third-order valence-electron chi connectivity index (χ3n) is 2.99. The number of pyridine rings is 1. The van der Waals surface area contributed by atoms with E-state index in [9.17, 15) is 17.6 Å². The number of halogens is 1. The fourth-order valence-corrected chi connectivity index (χ4v) is 4.47. The molecule has 3 aromatic heterocycles. The normalized spacial score (nSPS) is 11.5. The van der Waals surface area contributed by atoms with Gasteiger partial charge < -0.3 is 0 Å². The van der Waals surface area contributed by atoms with Crippen LogP contribution in [0.25, 0.3) is 11.3 Å². The lowest BCUT2D eigenvalue weighted by atomic mass is 10.2. The van der Waals surface area contributed by atoms with E-state index in [1.54, 1.807) is 11.4 Å². The Morgan fingerprint density at radius 1 is 1.27 bits per heavy atom. The topological polar surface area (TPSA) is 69.0 Å². The van der Waals surface area contributed by atoms with Gasteiger partial charge in [-0.25, -0.2) is 8.96 Å². The van der Waals surface area contributed by atoms with Gasteiger partial charge in [-0.15, -0.1) is 11.3 Å². The Bertz CT molecular complexity index is 931. The van der Waals surface area contributed by atoms with E-state index in [0.29, 0.717) is 6.29 Å². The lowest BCUT2D eigenvalue weighted by Crippen LogP contribution is -2.12. The van der Waals surface area contributed by atoms with Gasteiger partial charge in [-0.3, -0.25) is 4.79 Å². The fourth-order valence-electron chi connectivity index (χ4n) is 2.01. The number of hydrogen-bond acceptors (Lipinski definition) is 5. The van der Waals surface area contributed by atoms with E-state index >= 15 is 0 Å². The van der Waals surface area contributed by atoms with Gasteiger partial charge in [0, 0.05) is 18.0 Å². The molecule has 112 valence electrons. The van der Waals surface area contributed by atoms with Crippen LogP contribution in [0.2, 0.25) is 0 Å². The number of hydrogen-bond donors (Lipinski definition) is 0. The van der Waals surface area contributed by atoms with E-state index in [-0.39, 0.29) is 21.0 Å². The van der Waals surface area contributed by atoms with Gasteiger partial charge in [-0.1, -0.05) is 6.07 Å². The monoisotopic (exact) mass is 336 g/mol. The van der Waals surface area contributed by atoms with Gasteiger partial charge in [0.15, 0.2) is 6.29 Å². The molecule has 0 saturated carbocycles. The molecule has 3 heterocycles. The van der Waals surface area contributed by atoms with Crippen molar-refractivity contribution in [2.75, 3.05) is 0 Å². The van der Waals surface area contributed by atoms with E-state index in [1.807, 2.05) is 0 Å². The molecule has 0 spiro atoms. The summed E-state index contributed by atoms with van der Waals surface area (Å²) >= 11 is 1.04. The minimum absolute atomic E-state index is 0.00994. The first-order valence-corrected chi connectivity index (χ1v) is 8.43. The number of rotatable bonds is 4. The van der Waals surface area contributed by atoms with Gasteiger partial charge >= 0.3 is 0 Å². The largest absolute Gasteiger partial charge is 0.298 e. The molecule has 0 N–H and O–H groups in total. The molecule has 0 aliphatic rings. The van der Waals surface area contributed by atoms with Crippen molar-refractivity contribution in [3.05, 3.63) is 59.6 Å². The second-order valence-electron chi connectivity index (χ2n) is 4.35. The maximum absolute atomic E-state index is 13.9. The molecular formula is C14H9FN2O3S2. The van der Waals surface area contributed by atoms with Gasteiger partial charge in [-0.2, -0.15) is 12.8 Å². The lowest BCUT2D eigenvalue weighted by Gasteiger charge is -2.09. The molecule has 5 nitrogen and oxygen atoms in total. The molecule has 22 heavy (non-hydrogen) atoms. The predicted octanol–water partition coefficient (Wildman–Crippen LogP) is 2.80. The molecule has 0 saturated heterocycles. The summed E-state index contributed by atoms with van der Waals surface area (Å²) in [5.41, 5.74) is 0.204. The van der Waals surface area contributed by atoms with E-state index in [1.165, 1.54) is 36.7 Å². The number of aromatic nitrogens is 2. The number of thiophene rings is 1. The molecule has 0 radical (unpaired) electrons. The minimum Gasteiger partial charge on any atom is -0.298 e. The van der Waals surface area contributed by atoms with Crippen LogP contribution in [0.4, 0.5) is 4.39 Å². The molecule has 0 aliphatic heterocycles. The Balaban J connectivity index is 2.28. The quantitative estimate of drug-likeness (QED) is 0.543. The molecule has 0 aromatic carbocycles. The van der Waals surface area contributed by atoms with Gasteiger partial charge in [0.1, 0.15) is 4.21 Å². The van der Waals surface area contributed by atoms with Crippen molar-refractivity contribution in [2.45, 2.75) is 4.21 Å². The average Bonchev–Trinajstić information content (AvgIpc) is 3.18. The van der Waals surface area contributed by atoms with Crippen LogP contribution in [0.1, 0.15) is 10.4 Å². The molecule has 0 unspecified atom stereocenters. The number of nitrogens with zero attached hydrogens (tertiary/aromatic N) is 2. The Morgan fingerprint density at radius 2 is 2.09 bits per heavy atom. The van der Waals surface area contributed by atoms with Gasteiger partial charge in [0.25, 0.3) is 10.0 Å². The number of carbonyl (C=O) groups excluding carboxylic acids is 1. The molecule has 3 rings (SSSR count). The van der Waals surface area contributed by atoms with Crippen molar-refractivity contribution in [1.82, 2.24) is 8.96 Å². The zero-order valence-electron chi connectivity index (χ0n) is 11.0. The second-order valence-corrected chi connectivity index (χ2v) is 7.34. The van der Waals surface area contributed by atoms with Crippen LogP contribution >= 0.6 is 11.3 Å². The summed E-state index contributed by atoms with van der Waals surface area (Å²) in [6, 6.07) is 7.27. The maximum Gasteiger partial charge on any atom is 0.277 e. The van der Waals surface area contributed by atoms with Crippen LogP contribution in [-0.2, 0) is 10.0 Å². The summed E-state index contributed by atoms with van der Waals surface area (Å²) in [6.07, 6.45) is 2.95. The van der Waals surface area contributed by atoms with E-state index in [2.05, 4.69) is 4.98 Å². The average molecular weight is 336 g/mol. The first-order chi connectivity index (χ1) is 10.5. The van der Waals surface area contributed by atoms with E-state index < -0.39 is 16.0 Å². The van der Waals surface area contributed by atoms with Crippen LogP contribution in [0, 0.1) is 5.95 Å². The highest BCUT2D eigenvalue weighted by Gasteiger charge is 2.24. The number of carbonyl (C=O) groups is 1. The van der Waals surface area contributed by atoms with Crippen molar-refractivity contribution in [2.24, 2.45) is 0 Å². The SMILES string of the molecule is O=Cc1cc(-c2cccnc2F)n(S(=O)(=O)c2cccs2)c1. The Labute approximate surface area is 129 Å². The second kappa shape index (κ2) is 5.47. The molecule has 0 bridgehead atoms. The Hall–Kier alpha value is -2.32. The smallest absolute Gasteiger partial charge is 0.277 e. The molecule has 3 aromatic rings. The summed E-state index contributed by atoms with van der Waals surface area (Å²) in [5, 5.41) is 1.63. The summed E-state index contributed by atoms with van der Waals surface area (Å²) in [5.74, 6) is -0.805. The highest BCUT2D eigenvalue weighted by atomic mass is 32.2. The van der Waals surface area contributed by atoms with Crippen LogP contribution < -0.4 is 0 Å². The minimum atomic E-state index is -3.90. The van der Waals surface area contributed by atoms with Crippen molar-refractivity contribution >= 4 is 27.6 Å². The molecular weight excluding hydrogens is 327 g/mol. The summed E-state index contributed by atoms with van der Waals surface area (Å²) in [6.45, 7) is 0. The molecule has 8 heteroatoms. The first kappa shape index (κ1) is 14.6. The van der Waals surface area contributed by atoms with Gasteiger partial charge in [0.05, 0.1) is 11.3 Å². The van der Waals surface area contributed by atoms with Crippen LogP contribution in [-0.4, -0.2) is 23.7 Å². The summed E-state index contributed by atoms with van der Waals surface area (Å²) in [4.78, 5) is 14.5. The predicted molar refractivity (Wildman–Crippen MR) is 79.9 cm³/mol. The van der Waals surface area contributed by atoms with Crippen LogP contribution in [0.15, 0.2) is 52.3 Å². The fraction of sp³-hybridized carbons (Fsp3) is 0. The van der Waals surface area contributed by atoms with Crippen molar-refractivity contribution < 1.29 is 17.6 Å². The zero-order valence-corrected chi connectivity index (χ0v) is 12.6. The van der Waals surface area contributed by atoms with Crippen LogP contribution in [0.5, 0.6) is 0 Å². The molecule has 0 amide bonds. The van der Waals surface area contributed by atoms with Crippen molar-refractivity contribution in [3.8, 4) is 11.3 Å². The first-order valence-electron chi connectivity index (χ1n) is 6.11. The zero-order chi connectivity index (χ0) is 15.7. The number of aldehydes is 1. The molecule has 0 atom stereocenters. The van der Waals surface area contributed by atoms with E-state index in [4.69, 9.17) is 0 Å². The summed E-state index contributed by atoms with van der Waals surface area (Å²) in [7, 11) is -3.90. The van der Waals surface area contributed by atoms with Gasteiger partial charge in [0.2, 0.25) is 5.95 Å². The summed E-state index contributed by atoms with van der Waals surface area (Å²) < 4.78 is 40.2. The Kier molecular flexibility index (Phi) is 3.63. The van der Waals surface area contributed by atoms with Crippen LogP contribution in [0.3, 0.4) is 0 Å². The molecule has 0 fully saturated rings. The highest BCUT2D eigenvalue weighted by molar-refractivity contribution is 7.92. The van der Waals surface area contributed by atoms with Crippen molar-refractivity contribution in [1.29, 1.82) is 0 Å². The van der Waals surface area contributed by atoms with Crippen molar-refractivity contribution in [3.63, 3.8) is 0 Å². The Morgan fingerprint density at radius 3 is 2.73 bits per heavy atom. The third kappa shape index (κ3) is 2.36. The third-order valence-corrected chi connectivity index (χ3v) is 6.03. The standard InChI is InChI=1S/C14H9FN2O3S2/c15-14-11(3-1-5-16-14)12-7-10(9-18)8-17(12)22(19,20)13-4-2-6-21-13/h1-9H. The molecule has 0 aliphatic carbocycles. The van der Waals surface area contributed by atoms with E-state index in [0.717, 1.165) is 15.3 Å². The lowest BCUT2D eigenvalue weighted by molar-refractivity contribution is 0.112. The van der Waals surface area contributed by atoms with Gasteiger partial charge in [-0.05, 0) is 29.6 Å². The maximum atomic E-state index is 13.9.